The van der Waals surface area contributed by atoms with Gasteiger partial charge in [0.2, 0.25) is 0 Å². The van der Waals surface area contributed by atoms with Crippen molar-refractivity contribution in [1.82, 2.24) is 4.57 Å². The summed E-state index contributed by atoms with van der Waals surface area (Å²) in [6.07, 6.45) is 0. The molecule has 0 amide bonds. The van der Waals surface area contributed by atoms with Crippen molar-refractivity contribution in [2.75, 3.05) is 14.2 Å². The van der Waals surface area contributed by atoms with Crippen LogP contribution in [-0.4, -0.2) is 30.7 Å². The van der Waals surface area contributed by atoms with Crippen molar-refractivity contribution in [3.8, 4) is 0 Å². The van der Waals surface area contributed by atoms with E-state index in [1.54, 1.807) is 6.07 Å². The fraction of sp³-hybridized carbons (Fsp3) is 0.222. The molecule has 5 nitrogen and oxygen atoms in total. The highest BCUT2D eigenvalue weighted by Crippen LogP contribution is 2.33. The molecule has 0 atom stereocenters. The van der Waals surface area contributed by atoms with E-state index in [4.69, 9.17) is 9.47 Å². The molecule has 3 rings (SSSR count). The van der Waals surface area contributed by atoms with Crippen LogP contribution in [-0.2, 0) is 16.0 Å². The molecule has 118 valence electrons. The lowest BCUT2D eigenvalue weighted by atomic mass is 10.0. The molecule has 0 saturated carbocycles. The number of carbonyl (C=O) groups excluding carboxylic acids is 2. The predicted molar refractivity (Wildman–Crippen MR) is 87.8 cm³/mol. The van der Waals surface area contributed by atoms with Gasteiger partial charge in [-0.15, -0.1) is 0 Å². The number of para-hydroxylation sites is 1. The van der Waals surface area contributed by atoms with Gasteiger partial charge in [0.15, 0.2) is 0 Å². The molecule has 3 aromatic rings. The summed E-state index contributed by atoms with van der Waals surface area (Å²) < 4.78 is 11.7. The fourth-order valence-corrected chi connectivity index (χ4v) is 3.06. The molecule has 1 heterocycles. The number of ether oxygens (including phenoxy) is 2. The number of methoxy groups -OCH3 is 2. The number of esters is 2. The molecule has 0 radical (unpaired) electrons. The lowest BCUT2D eigenvalue weighted by Crippen LogP contribution is -2.14. The van der Waals surface area contributed by atoms with Crippen molar-refractivity contribution in [2.45, 2.75) is 13.5 Å². The van der Waals surface area contributed by atoms with Crippen molar-refractivity contribution in [1.29, 1.82) is 0 Å². The Balaban J connectivity index is 2.53. The first kappa shape index (κ1) is 15.1. The Bertz CT molecular complexity index is 924. The minimum absolute atomic E-state index is 0.212. The molecule has 1 aromatic heterocycles. The summed E-state index contributed by atoms with van der Waals surface area (Å²) in [6, 6.07) is 11.4. The summed E-state index contributed by atoms with van der Waals surface area (Å²) >= 11 is 0. The number of carbonyl (C=O) groups is 2. The van der Waals surface area contributed by atoms with Crippen LogP contribution in [0, 0.1) is 0 Å². The van der Waals surface area contributed by atoms with Gasteiger partial charge in [-0.3, -0.25) is 0 Å². The van der Waals surface area contributed by atoms with Gasteiger partial charge in [-0.1, -0.05) is 24.3 Å². The third-order valence-electron chi connectivity index (χ3n) is 4.04. The molecule has 0 aliphatic rings. The van der Waals surface area contributed by atoms with Crippen LogP contribution in [0.2, 0.25) is 0 Å². The van der Waals surface area contributed by atoms with Crippen LogP contribution in [0.5, 0.6) is 0 Å². The Morgan fingerprint density at radius 3 is 2.30 bits per heavy atom. The van der Waals surface area contributed by atoms with Crippen molar-refractivity contribution in [3.63, 3.8) is 0 Å². The highest BCUT2D eigenvalue weighted by molar-refractivity contribution is 6.18. The summed E-state index contributed by atoms with van der Waals surface area (Å²) in [6.45, 7) is 2.66. The number of hydrogen-bond acceptors (Lipinski definition) is 4. The molecule has 0 spiro atoms. The van der Waals surface area contributed by atoms with Gasteiger partial charge in [0.05, 0.1) is 30.9 Å². The highest BCUT2D eigenvalue weighted by Gasteiger charge is 2.25. The van der Waals surface area contributed by atoms with Gasteiger partial charge in [-0.25, -0.2) is 9.59 Å². The second-order valence-electron chi connectivity index (χ2n) is 5.13. The van der Waals surface area contributed by atoms with Gasteiger partial charge in [-0.2, -0.15) is 0 Å². The monoisotopic (exact) mass is 311 g/mol. The number of nitrogens with zero attached hydrogens (tertiary/aromatic N) is 1. The van der Waals surface area contributed by atoms with E-state index in [0.717, 1.165) is 16.3 Å². The van der Waals surface area contributed by atoms with Gasteiger partial charge in [0.1, 0.15) is 0 Å². The normalized spacial score (nSPS) is 10.9. The molecule has 2 aromatic carbocycles. The van der Waals surface area contributed by atoms with Crippen LogP contribution in [0.4, 0.5) is 0 Å². The van der Waals surface area contributed by atoms with Crippen LogP contribution < -0.4 is 0 Å². The van der Waals surface area contributed by atoms with Crippen LogP contribution in [0.25, 0.3) is 21.8 Å². The van der Waals surface area contributed by atoms with E-state index in [-0.39, 0.29) is 11.1 Å². The van der Waals surface area contributed by atoms with Crippen LogP contribution >= 0.6 is 0 Å². The topological polar surface area (TPSA) is 57.5 Å². The second-order valence-corrected chi connectivity index (χ2v) is 5.13. The Kier molecular flexibility index (Phi) is 3.78. The largest absolute Gasteiger partial charge is 0.465 e. The van der Waals surface area contributed by atoms with Crippen molar-refractivity contribution >= 4 is 33.7 Å². The number of aromatic nitrogens is 1. The second kappa shape index (κ2) is 5.76. The van der Waals surface area contributed by atoms with Crippen LogP contribution in [0.3, 0.4) is 0 Å². The van der Waals surface area contributed by atoms with E-state index in [0.29, 0.717) is 12.1 Å². The van der Waals surface area contributed by atoms with Crippen molar-refractivity contribution in [3.05, 3.63) is 47.5 Å². The van der Waals surface area contributed by atoms with Crippen LogP contribution in [0.1, 0.15) is 27.6 Å². The summed E-state index contributed by atoms with van der Waals surface area (Å²) in [4.78, 5) is 24.4. The molecular weight excluding hydrogens is 294 g/mol. The first-order valence-corrected chi connectivity index (χ1v) is 7.34. The summed E-state index contributed by atoms with van der Waals surface area (Å²) in [7, 11) is 2.60. The lowest BCUT2D eigenvalue weighted by molar-refractivity contribution is 0.0556. The standard InChI is InChI=1S/C18H17NO4/c1-4-19-14-8-6-5-7-11(14)12-9-10-13(17(20)22-2)15(16(12)19)18(21)23-3/h5-10H,4H2,1-3H3. The number of fused-ring (bicyclic) bond motifs is 3. The number of hydrogen-bond donors (Lipinski definition) is 0. The Morgan fingerprint density at radius 2 is 1.65 bits per heavy atom. The average molecular weight is 311 g/mol. The molecule has 0 N–H and O–H groups in total. The molecule has 0 aliphatic heterocycles. The molecule has 0 unspecified atom stereocenters. The predicted octanol–water partition coefficient (Wildman–Crippen LogP) is 3.39. The van der Waals surface area contributed by atoms with Gasteiger partial charge < -0.3 is 14.0 Å². The molecular formula is C18H17NO4. The number of rotatable bonds is 3. The molecule has 0 aliphatic carbocycles. The highest BCUT2D eigenvalue weighted by atomic mass is 16.5. The van der Waals surface area contributed by atoms with E-state index in [9.17, 15) is 9.59 Å². The Hall–Kier alpha value is -2.82. The maximum Gasteiger partial charge on any atom is 0.340 e. The van der Waals surface area contributed by atoms with Gasteiger partial charge in [-0.05, 0) is 19.1 Å². The van der Waals surface area contributed by atoms with E-state index in [2.05, 4.69) is 0 Å². The smallest absolute Gasteiger partial charge is 0.340 e. The maximum absolute atomic E-state index is 12.4. The van der Waals surface area contributed by atoms with Gasteiger partial charge >= 0.3 is 11.9 Å². The zero-order valence-electron chi connectivity index (χ0n) is 13.3. The first-order valence-electron chi connectivity index (χ1n) is 7.34. The Morgan fingerprint density at radius 1 is 0.957 bits per heavy atom. The molecule has 5 heteroatoms. The maximum atomic E-state index is 12.4. The summed E-state index contributed by atoms with van der Waals surface area (Å²) in [5.41, 5.74) is 2.17. The SMILES string of the molecule is CCn1c2ccccc2c2ccc(C(=O)OC)c(C(=O)OC)c21. The minimum Gasteiger partial charge on any atom is -0.465 e. The summed E-state index contributed by atoms with van der Waals surface area (Å²) in [5.74, 6) is -1.10. The zero-order chi connectivity index (χ0) is 16.6. The third kappa shape index (κ3) is 2.16. The van der Waals surface area contributed by atoms with Crippen molar-refractivity contribution in [2.24, 2.45) is 0 Å². The third-order valence-corrected chi connectivity index (χ3v) is 4.04. The molecule has 0 saturated heterocycles. The summed E-state index contributed by atoms with van der Waals surface area (Å²) in [5, 5.41) is 1.95. The van der Waals surface area contributed by atoms with E-state index in [1.165, 1.54) is 14.2 Å². The van der Waals surface area contributed by atoms with E-state index < -0.39 is 11.9 Å². The van der Waals surface area contributed by atoms with Crippen LogP contribution in [0.15, 0.2) is 36.4 Å². The fourth-order valence-electron chi connectivity index (χ4n) is 3.06. The Labute approximate surface area is 133 Å². The van der Waals surface area contributed by atoms with E-state index in [1.807, 2.05) is 41.8 Å². The lowest BCUT2D eigenvalue weighted by Gasteiger charge is -2.11. The number of benzene rings is 2. The van der Waals surface area contributed by atoms with Gasteiger partial charge in [0.25, 0.3) is 0 Å². The number of aryl methyl sites for hydroxylation is 1. The quantitative estimate of drug-likeness (QED) is 0.696. The van der Waals surface area contributed by atoms with E-state index >= 15 is 0 Å². The van der Waals surface area contributed by atoms with Gasteiger partial charge in [0, 0.05) is 22.8 Å². The first-order chi connectivity index (χ1) is 11.1. The minimum atomic E-state index is -0.555. The molecule has 0 fully saturated rings. The van der Waals surface area contributed by atoms with Crippen molar-refractivity contribution < 1.29 is 19.1 Å². The molecule has 23 heavy (non-hydrogen) atoms. The average Bonchev–Trinajstić information content (AvgIpc) is 2.93. The molecule has 0 bridgehead atoms. The zero-order valence-corrected chi connectivity index (χ0v) is 13.3.